The van der Waals surface area contributed by atoms with Crippen molar-refractivity contribution in [2.45, 2.75) is 44.8 Å². The van der Waals surface area contributed by atoms with E-state index >= 15 is 0 Å². The number of nitrogens with zero attached hydrogens (tertiary/aromatic N) is 5. The molecule has 3 aromatic heterocycles. The van der Waals surface area contributed by atoms with Crippen molar-refractivity contribution in [3.05, 3.63) is 40.5 Å². The molecule has 9 heteroatoms. The molecule has 0 spiro atoms. The van der Waals surface area contributed by atoms with Crippen molar-refractivity contribution in [2.75, 3.05) is 11.1 Å². The Morgan fingerprint density at radius 1 is 1.47 bits per heavy atom. The molecule has 4 rings (SSSR count). The van der Waals surface area contributed by atoms with Crippen molar-refractivity contribution in [3.63, 3.8) is 0 Å². The molecule has 1 amide bonds. The van der Waals surface area contributed by atoms with E-state index in [0.717, 1.165) is 36.2 Å². The maximum Gasteiger partial charge on any atom is 0.235 e. The number of nitriles is 1. The number of rotatable bonds is 6. The normalized spacial score (nSPS) is 15.4. The first-order valence-corrected chi connectivity index (χ1v) is 11.7. The zero-order chi connectivity index (χ0) is 21.1. The second-order valence-electron chi connectivity index (χ2n) is 7.30. The number of thioether (sulfide) groups is 1. The Labute approximate surface area is 183 Å². The van der Waals surface area contributed by atoms with Gasteiger partial charge in [-0.25, -0.2) is 0 Å². The van der Waals surface area contributed by atoms with Crippen LogP contribution in [0, 0.1) is 17.2 Å². The minimum Gasteiger partial charge on any atom is -0.316 e. The maximum absolute atomic E-state index is 12.6. The largest absolute Gasteiger partial charge is 0.316 e. The van der Waals surface area contributed by atoms with Crippen LogP contribution in [0.15, 0.2) is 29.7 Å². The van der Waals surface area contributed by atoms with Crippen LogP contribution >= 0.6 is 23.1 Å². The van der Waals surface area contributed by atoms with Crippen LogP contribution in [-0.4, -0.2) is 31.4 Å². The van der Waals surface area contributed by atoms with Gasteiger partial charge in [-0.3, -0.25) is 9.78 Å². The van der Waals surface area contributed by atoms with Crippen LogP contribution in [0.1, 0.15) is 36.3 Å². The zero-order valence-electron chi connectivity index (χ0n) is 16.9. The number of hydrogen-bond acceptors (Lipinski definition) is 7. The minimum absolute atomic E-state index is 0.142. The van der Waals surface area contributed by atoms with Crippen molar-refractivity contribution in [1.29, 1.82) is 5.26 Å². The highest BCUT2D eigenvalue weighted by Crippen LogP contribution is 2.39. The molecule has 7 nitrogen and oxygen atoms in total. The summed E-state index contributed by atoms with van der Waals surface area (Å²) in [5, 5.41) is 22.4. The van der Waals surface area contributed by atoms with Crippen molar-refractivity contribution in [3.8, 4) is 17.5 Å². The number of fused-ring (bicyclic) bond motifs is 1. The van der Waals surface area contributed by atoms with E-state index in [2.05, 4.69) is 33.5 Å². The molecule has 0 bridgehead atoms. The van der Waals surface area contributed by atoms with Gasteiger partial charge in [-0.05, 0) is 49.8 Å². The van der Waals surface area contributed by atoms with Gasteiger partial charge in [0.15, 0.2) is 11.0 Å². The second-order valence-corrected chi connectivity index (χ2v) is 9.34. The van der Waals surface area contributed by atoms with Crippen LogP contribution in [-0.2, 0) is 24.2 Å². The molecule has 0 radical (unpaired) electrons. The molecule has 1 N–H and O–H groups in total. The van der Waals surface area contributed by atoms with Crippen molar-refractivity contribution in [1.82, 2.24) is 19.7 Å². The molecule has 0 saturated carbocycles. The van der Waals surface area contributed by atoms with Gasteiger partial charge in [0, 0.05) is 29.4 Å². The Kier molecular flexibility index (Phi) is 6.16. The van der Waals surface area contributed by atoms with E-state index < -0.39 is 0 Å². The molecule has 0 fully saturated rings. The molecule has 0 aliphatic heterocycles. The topological polar surface area (TPSA) is 96.5 Å². The van der Waals surface area contributed by atoms with Gasteiger partial charge >= 0.3 is 0 Å². The van der Waals surface area contributed by atoms with Crippen LogP contribution in [0.4, 0.5) is 5.00 Å². The van der Waals surface area contributed by atoms with Gasteiger partial charge in [0.1, 0.15) is 11.1 Å². The number of anilines is 1. The molecule has 1 aliphatic carbocycles. The van der Waals surface area contributed by atoms with Gasteiger partial charge in [-0.15, -0.1) is 21.5 Å². The zero-order valence-corrected chi connectivity index (χ0v) is 18.5. The van der Waals surface area contributed by atoms with Gasteiger partial charge in [-0.1, -0.05) is 18.7 Å². The lowest BCUT2D eigenvalue weighted by atomic mass is 9.89. The van der Waals surface area contributed by atoms with Crippen LogP contribution in [0.5, 0.6) is 0 Å². The van der Waals surface area contributed by atoms with E-state index in [4.69, 9.17) is 0 Å². The fraction of sp³-hybridized carbons (Fsp3) is 0.381. The summed E-state index contributed by atoms with van der Waals surface area (Å²) >= 11 is 2.89. The highest BCUT2D eigenvalue weighted by Gasteiger charge is 2.25. The molecule has 3 aromatic rings. The number of nitrogens with one attached hydrogen (secondary N) is 1. The molecule has 154 valence electrons. The quantitative estimate of drug-likeness (QED) is 0.581. The molecular weight excluding hydrogens is 416 g/mol. The van der Waals surface area contributed by atoms with Crippen LogP contribution < -0.4 is 5.32 Å². The summed E-state index contributed by atoms with van der Waals surface area (Å²) in [7, 11) is 0. The lowest BCUT2D eigenvalue weighted by Crippen LogP contribution is -2.14. The first-order valence-electron chi connectivity index (χ1n) is 9.91. The predicted molar refractivity (Wildman–Crippen MR) is 119 cm³/mol. The Morgan fingerprint density at radius 3 is 3.07 bits per heavy atom. The van der Waals surface area contributed by atoms with E-state index in [1.165, 1.54) is 16.6 Å². The summed E-state index contributed by atoms with van der Waals surface area (Å²) in [4.78, 5) is 18.0. The van der Waals surface area contributed by atoms with Gasteiger partial charge in [0.2, 0.25) is 5.91 Å². The van der Waals surface area contributed by atoms with Crippen molar-refractivity contribution >= 4 is 34.0 Å². The number of pyridine rings is 1. The molecule has 0 saturated heterocycles. The first kappa shape index (κ1) is 20.6. The van der Waals surface area contributed by atoms with Gasteiger partial charge < -0.3 is 9.88 Å². The lowest BCUT2D eigenvalue weighted by Gasteiger charge is -2.17. The number of hydrogen-bond donors (Lipinski definition) is 1. The number of carbonyl (C=O) groups excluding carboxylic acids is 1. The fourth-order valence-corrected chi connectivity index (χ4v) is 5.82. The number of carbonyl (C=O) groups is 1. The van der Waals surface area contributed by atoms with Crippen molar-refractivity contribution in [2.24, 2.45) is 5.92 Å². The summed E-state index contributed by atoms with van der Waals surface area (Å²) in [5.74, 6) is 1.42. The molecule has 0 aromatic carbocycles. The van der Waals surface area contributed by atoms with E-state index in [-0.39, 0.29) is 11.7 Å². The molecule has 3 heterocycles. The molecule has 1 atom stereocenters. The predicted octanol–water partition coefficient (Wildman–Crippen LogP) is 4.15. The van der Waals surface area contributed by atoms with E-state index in [0.29, 0.717) is 28.2 Å². The van der Waals surface area contributed by atoms with E-state index in [1.54, 1.807) is 23.7 Å². The smallest absolute Gasteiger partial charge is 0.235 e. The van der Waals surface area contributed by atoms with E-state index in [9.17, 15) is 10.1 Å². The SMILES string of the molecule is CCn1c(SCC(=O)Nc2sc3c(c2C#N)CCC(C)C3)nnc1-c1cccnc1. The summed E-state index contributed by atoms with van der Waals surface area (Å²) in [5.41, 5.74) is 2.64. The standard InChI is InChI=1S/C21H22N6OS2/c1-3-27-19(14-5-4-8-23-11-14)25-26-21(27)29-12-18(28)24-20-16(10-22)15-7-6-13(2)9-17(15)30-20/h4-5,8,11,13H,3,6-7,9,12H2,1-2H3,(H,24,28). The maximum atomic E-state index is 12.6. The number of thiophene rings is 1. The first-order chi connectivity index (χ1) is 14.6. The van der Waals surface area contributed by atoms with Crippen molar-refractivity contribution < 1.29 is 4.79 Å². The number of aromatic nitrogens is 4. The minimum atomic E-state index is -0.142. The summed E-state index contributed by atoms with van der Waals surface area (Å²) in [6.45, 7) is 4.94. The van der Waals surface area contributed by atoms with E-state index in [1.807, 2.05) is 23.6 Å². The Bertz CT molecular complexity index is 1100. The Balaban J connectivity index is 1.45. The van der Waals surface area contributed by atoms with Gasteiger partial charge in [-0.2, -0.15) is 5.26 Å². The monoisotopic (exact) mass is 438 g/mol. The summed E-state index contributed by atoms with van der Waals surface area (Å²) < 4.78 is 1.97. The number of amides is 1. The molecule has 1 aliphatic rings. The van der Waals surface area contributed by atoms with Crippen LogP contribution in [0.3, 0.4) is 0 Å². The average Bonchev–Trinajstić information content (AvgIpc) is 3.32. The summed E-state index contributed by atoms with van der Waals surface area (Å²) in [6.07, 6.45) is 6.45. The highest BCUT2D eigenvalue weighted by atomic mass is 32.2. The third kappa shape index (κ3) is 4.11. The third-order valence-corrected chi connectivity index (χ3v) is 7.30. The fourth-order valence-electron chi connectivity index (χ4n) is 3.64. The summed E-state index contributed by atoms with van der Waals surface area (Å²) in [6, 6.07) is 6.09. The van der Waals surface area contributed by atoms with Gasteiger partial charge in [0.05, 0.1) is 11.3 Å². The lowest BCUT2D eigenvalue weighted by molar-refractivity contribution is -0.113. The Morgan fingerprint density at radius 2 is 2.33 bits per heavy atom. The average molecular weight is 439 g/mol. The van der Waals surface area contributed by atoms with Crippen LogP contribution in [0.25, 0.3) is 11.4 Å². The van der Waals surface area contributed by atoms with Gasteiger partial charge in [0.25, 0.3) is 0 Å². The molecular formula is C21H22N6OS2. The Hall–Kier alpha value is -2.70. The third-order valence-electron chi connectivity index (χ3n) is 5.16. The molecule has 1 unspecified atom stereocenters. The second kappa shape index (κ2) is 8.98. The molecule has 30 heavy (non-hydrogen) atoms. The van der Waals surface area contributed by atoms with Crippen LogP contribution in [0.2, 0.25) is 0 Å². The highest BCUT2D eigenvalue weighted by molar-refractivity contribution is 7.99.